The van der Waals surface area contributed by atoms with Crippen LogP contribution in [0, 0.1) is 6.92 Å². The first-order chi connectivity index (χ1) is 14.6. The lowest BCUT2D eigenvalue weighted by molar-refractivity contribution is 0.0572. The predicted molar refractivity (Wildman–Crippen MR) is 116 cm³/mol. The zero-order chi connectivity index (χ0) is 21.1. The van der Waals surface area contributed by atoms with Crippen molar-refractivity contribution in [2.45, 2.75) is 6.92 Å². The van der Waals surface area contributed by atoms with E-state index in [0.717, 1.165) is 11.1 Å². The molecule has 0 saturated heterocycles. The van der Waals surface area contributed by atoms with Crippen LogP contribution in [0.1, 0.15) is 16.1 Å². The quantitative estimate of drug-likeness (QED) is 0.307. The van der Waals surface area contributed by atoms with Crippen LogP contribution in [0.4, 0.5) is 0 Å². The smallest absolute Gasteiger partial charge is 0.359 e. The monoisotopic (exact) mass is 440 g/mol. The molecule has 0 aliphatic carbocycles. The van der Waals surface area contributed by atoms with Gasteiger partial charge in [0.1, 0.15) is 11.6 Å². The second-order valence-corrected chi connectivity index (χ2v) is 7.62. The molecule has 4 aromatic rings. The summed E-state index contributed by atoms with van der Waals surface area (Å²) in [6.07, 6.45) is 1.84. The summed E-state index contributed by atoms with van der Waals surface area (Å²) in [6.45, 7) is 1.99. The molecule has 0 spiro atoms. The van der Waals surface area contributed by atoms with Crippen molar-refractivity contribution in [1.82, 2.24) is 20.0 Å². The van der Waals surface area contributed by atoms with Gasteiger partial charge in [0.25, 0.3) is 5.89 Å². The number of carbonyl (C=O) groups is 1. The fourth-order valence-electron chi connectivity index (χ4n) is 2.85. The first-order valence-corrected chi connectivity index (χ1v) is 10.8. The number of aromatic nitrogens is 4. The van der Waals surface area contributed by atoms with Crippen LogP contribution in [0.25, 0.3) is 28.7 Å². The Kier molecular flexibility index (Phi) is 5.87. The summed E-state index contributed by atoms with van der Waals surface area (Å²) in [7, 11) is 0. The van der Waals surface area contributed by atoms with Crippen molar-refractivity contribution in [3.63, 3.8) is 0 Å². The van der Waals surface area contributed by atoms with E-state index in [1.165, 1.54) is 16.4 Å². The molecule has 2 heterocycles. The minimum absolute atomic E-state index is 0.120. The highest BCUT2D eigenvalue weighted by Gasteiger charge is 2.23. The number of benzene rings is 2. The van der Waals surface area contributed by atoms with Gasteiger partial charge in [0.15, 0.2) is 5.69 Å². The van der Waals surface area contributed by atoms with Gasteiger partial charge in [0, 0.05) is 11.6 Å². The predicted octanol–water partition coefficient (Wildman–Crippen LogP) is 5.03. The lowest BCUT2D eigenvalue weighted by atomic mass is 10.1. The fourth-order valence-corrected chi connectivity index (χ4v) is 3.29. The Morgan fingerprint density at radius 2 is 1.93 bits per heavy atom. The van der Waals surface area contributed by atoms with E-state index in [-0.39, 0.29) is 17.5 Å². The molecule has 0 amide bonds. The number of aryl methyl sites for hydroxylation is 1. The van der Waals surface area contributed by atoms with Crippen LogP contribution in [0.15, 0.2) is 59.0 Å². The first-order valence-electron chi connectivity index (χ1n) is 8.99. The lowest BCUT2D eigenvalue weighted by Crippen LogP contribution is -2.07. The molecule has 0 radical (unpaired) electrons. The standard InChI is InChI=1S/C21H17ClN4O3S/c1-13-6-5-7-14(10-13)19-23-24-20(29-19)18-11-16(21(27)28-12-30-2)25-26(18)17-9-4-3-8-15(17)22/h3-11H,12H2,1-2H3. The number of esters is 1. The Labute approximate surface area is 182 Å². The molecule has 0 atom stereocenters. The fraction of sp³-hybridized carbons (Fsp3) is 0.143. The van der Waals surface area contributed by atoms with Crippen molar-refractivity contribution in [3.8, 4) is 28.7 Å². The number of hydrogen-bond acceptors (Lipinski definition) is 7. The molecule has 0 aliphatic rings. The van der Waals surface area contributed by atoms with Crippen LogP contribution in [-0.4, -0.2) is 38.1 Å². The SMILES string of the molecule is CSCOC(=O)c1cc(-c2nnc(-c3cccc(C)c3)o2)n(-c2ccccc2Cl)n1. The van der Waals surface area contributed by atoms with Crippen LogP contribution >= 0.6 is 23.4 Å². The molecule has 4 rings (SSSR count). The molecular formula is C21H17ClN4O3S. The molecule has 2 aromatic carbocycles. The number of carbonyl (C=O) groups excluding carboxylic acids is 1. The Balaban J connectivity index is 1.79. The van der Waals surface area contributed by atoms with Crippen molar-refractivity contribution >= 4 is 29.3 Å². The van der Waals surface area contributed by atoms with Gasteiger partial charge in [-0.2, -0.15) is 5.10 Å². The first kappa shape index (κ1) is 20.2. The van der Waals surface area contributed by atoms with E-state index in [2.05, 4.69) is 15.3 Å². The number of para-hydroxylation sites is 1. The van der Waals surface area contributed by atoms with Crippen molar-refractivity contribution in [1.29, 1.82) is 0 Å². The van der Waals surface area contributed by atoms with Crippen molar-refractivity contribution in [3.05, 3.63) is 70.9 Å². The van der Waals surface area contributed by atoms with E-state index in [9.17, 15) is 4.79 Å². The number of halogens is 1. The maximum Gasteiger partial charge on any atom is 0.359 e. The lowest BCUT2D eigenvalue weighted by Gasteiger charge is -2.06. The van der Waals surface area contributed by atoms with Gasteiger partial charge in [-0.1, -0.05) is 41.4 Å². The second-order valence-electron chi connectivity index (χ2n) is 6.40. The molecule has 0 fully saturated rings. The molecule has 0 N–H and O–H groups in total. The number of rotatable bonds is 6. The van der Waals surface area contributed by atoms with Crippen molar-refractivity contribution in [2.75, 3.05) is 12.2 Å². The van der Waals surface area contributed by atoms with Gasteiger partial charge in [-0.15, -0.1) is 22.0 Å². The number of ether oxygens (including phenoxy) is 1. The highest BCUT2D eigenvalue weighted by Crippen LogP contribution is 2.29. The summed E-state index contributed by atoms with van der Waals surface area (Å²) in [6, 6.07) is 16.5. The molecule has 9 heteroatoms. The van der Waals surface area contributed by atoms with Crippen molar-refractivity contribution < 1.29 is 13.9 Å². The van der Waals surface area contributed by atoms with Gasteiger partial charge in [0.05, 0.1) is 10.7 Å². The van der Waals surface area contributed by atoms with E-state index in [4.69, 9.17) is 20.8 Å². The Bertz CT molecular complexity index is 1200. The molecule has 7 nitrogen and oxygen atoms in total. The highest BCUT2D eigenvalue weighted by molar-refractivity contribution is 7.98. The maximum absolute atomic E-state index is 12.4. The summed E-state index contributed by atoms with van der Waals surface area (Å²) >= 11 is 7.76. The third-order valence-corrected chi connectivity index (χ3v) is 4.89. The van der Waals surface area contributed by atoms with Gasteiger partial charge in [-0.3, -0.25) is 0 Å². The Morgan fingerprint density at radius 1 is 1.13 bits per heavy atom. The Hall–Kier alpha value is -3.10. The topological polar surface area (TPSA) is 83.0 Å². The number of hydrogen-bond donors (Lipinski definition) is 0. The third kappa shape index (κ3) is 4.10. The van der Waals surface area contributed by atoms with E-state index >= 15 is 0 Å². The zero-order valence-electron chi connectivity index (χ0n) is 16.2. The average molecular weight is 441 g/mol. The van der Waals surface area contributed by atoms with Crippen LogP contribution < -0.4 is 0 Å². The zero-order valence-corrected chi connectivity index (χ0v) is 17.8. The highest BCUT2D eigenvalue weighted by atomic mass is 35.5. The summed E-state index contributed by atoms with van der Waals surface area (Å²) in [5.41, 5.74) is 3.01. The molecule has 0 saturated carbocycles. The third-order valence-electron chi connectivity index (χ3n) is 4.22. The molecule has 2 aromatic heterocycles. The van der Waals surface area contributed by atoms with Crippen molar-refractivity contribution in [2.24, 2.45) is 0 Å². The van der Waals surface area contributed by atoms with E-state index < -0.39 is 5.97 Å². The normalized spacial score (nSPS) is 10.9. The summed E-state index contributed by atoms with van der Waals surface area (Å²) < 4.78 is 12.6. The summed E-state index contributed by atoms with van der Waals surface area (Å²) in [5.74, 6) is 0.260. The van der Waals surface area contributed by atoms with Crippen LogP contribution in [-0.2, 0) is 4.74 Å². The number of nitrogens with zero attached hydrogens (tertiary/aromatic N) is 4. The van der Waals surface area contributed by atoms with E-state index in [0.29, 0.717) is 22.3 Å². The number of thioether (sulfide) groups is 1. The van der Waals surface area contributed by atoms with Gasteiger partial charge < -0.3 is 9.15 Å². The minimum Gasteiger partial charge on any atom is -0.450 e. The summed E-state index contributed by atoms with van der Waals surface area (Å²) in [5, 5.41) is 13.2. The van der Waals surface area contributed by atoms with Crippen LogP contribution in [0.2, 0.25) is 5.02 Å². The summed E-state index contributed by atoms with van der Waals surface area (Å²) in [4.78, 5) is 12.4. The van der Waals surface area contributed by atoms with Gasteiger partial charge >= 0.3 is 5.97 Å². The molecule has 30 heavy (non-hydrogen) atoms. The molecular weight excluding hydrogens is 424 g/mol. The molecule has 152 valence electrons. The van der Waals surface area contributed by atoms with E-state index in [1.807, 2.05) is 49.6 Å². The minimum atomic E-state index is -0.546. The largest absolute Gasteiger partial charge is 0.450 e. The molecule has 0 unspecified atom stereocenters. The average Bonchev–Trinajstić information content (AvgIpc) is 3.40. The van der Waals surface area contributed by atoms with Gasteiger partial charge in [-0.25, -0.2) is 9.48 Å². The van der Waals surface area contributed by atoms with E-state index in [1.54, 1.807) is 18.2 Å². The van der Waals surface area contributed by atoms with Gasteiger partial charge in [0.2, 0.25) is 5.89 Å². The Morgan fingerprint density at radius 3 is 2.70 bits per heavy atom. The molecule has 0 bridgehead atoms. The van der Waals surface area contributed by atoms with Crippen LogP contribution in [0.3, 0.4) is 0 Å². The van der Waals surface area contributed by atoms with Gasteiger partial charge in [-0.05, 0) is 37.4 Å². The molecule has 0 aliphatic heterocycles. The second kappa shape index (κ2) is 8.73. The van der Waals surface area contributed by atoms with Crippen LogP contribution in [0.5, 0.6) is 0 Å². The maximum atomic E-state index is 12.4.